The monoisotopic (exact) mass is 295 g/mol. The SMILES string of the molecule is CNC(=O)CN1CCC(NCc2ccccc2Cl)CC1. The summed E-state index contributed by atoms with van der Waals surface area (Å²) in [5, 5.41) is 7.04. The van der Waals surface area contributed by atoms with Crippen molar-refractivity contribution in [2.75, 3.05) is 26.7 Å². The smallest absolute Gasteiger partial charge is 0.233 e. The second kappa shape index (κ2) is 7.62. The van der Waals surface area contributed by atoms with Crippen molar-refractivity contribution in [3.05, 3.63) is 34.9 Å². The quantitative estimate of drug-likeness (QED) is 0.868. The predicted molar refractivity (Wildman–Crippen MR) is 81.8 cm³/mol. The molecule has 110 valence electrons. The Morgan fingerprint density at radius 3 is 2.70 bits per heavy atom. The summed E-state index contributed by atoms with van der Waals surface area (Å²) in [5.74, 6) is 0.0903. The van der Waals surface area contributed by atoms with Crippen LogP contribution in [-0.4, -0.2) is 43.5 Å². The van der Waals surface area contributed by atoms with Crippen molar-refractivity contribution in [3.8, 4) is 0 Å². The van der Waals surface area contributed by atoms with E-state index in [4.69, 9.17) is 11.6 Å². The van der Waals surface area contributed by atoms with Gasteiger partial charge in [0.15, 0.2) is 0 Å². The molecule has 1 aliphatic heterocycles. The number of rotatable bonds is 5. The fourth-order valence-corrected chi connectivity index (χ4v) is 2.68. The van der Waals surface area contributed by atoms with Crippen LogP contribution >= 0.6 is 11.6 Å². The first-order valence-electron chi connectivity index (χ1n) is 7.08. The maximum atomic E-state index is 11.3. The summed E-state index contributed by atoms with van der Waals surface area (Å²) >= 11 is 6.15. The number of hydrogen-bond donors (Lipinski definition) is 2. The average Bonchev–Trinajstić information content (AvgIpc) is 2.48. The number of likely N-dealkylation sites (N-methyl/N-ethyl adjacent to an activating group) is 1. The van der Waals surface area contributed by atoms with E-state index in [2.05, 4.69) is 21.6 Å². The third-order valence-corrected chi connectivity index (χ3v) is 4.14. The Hall–Kier alpha value is -1.10. The molecule has 1 saturated heterocycles. The normalized spacial score (nSPS) is 17.1. The van der Waals surface area contributed by atoms with Gasteiger partial charge < -0.3 is 10.6 Å². The molecule has 0 radical (unpaired) electrons. The number of halogens is 1. The van der Waals surface area contributed by atoms with Crippen LogP contribution in [0.2, 0.25) is 5.02 Å². The van der Waals surface area contributed by atoms with Gasteiger partial charge in [0, 0.05) is 37.7 Å². The Morgan fingerprint density at radius 1 is 1.35 bits per heavy atom. The highest BCUT2D eigenvalue weighted by Crippen LogP contribution is 2.16. The molecule has 0 unspecified atom stereocenters. The summed E-state index contributed by atoms with van der Waals surface area (Å²) in [5.41, 5.74) is 1.14. The predicted octanol–water partition coefficient (Wildman–Crippen LogP) is 1.64. The molecule has 2 rings (SSSR count). The lowest BCUT2D eigenvalue weighted by Gasteiger charge is -2.32. The van der Waals surface area contributed by atoms with E-state index in [0.29, 0.717) is 12.6 Å². The van der Waals surface area contributed by atoms with Crippen LogP contribution < -0.4 is 10.6 Å². The summed E-state index contributed by atoms with van der Waals surface area (Å²) in [6, 6.07) is 8.44. The fraction of sp³-hybridized carbons (Fsp3) is 0.533. The first-order chi connectivity index (χ1) is 9.69. The van der Waals surface area contributed by atoms with Gasteiger partial charge in [-0.1, -0.05) is 29.8 Å². The molecule has 1 aliphatic rings. The molecule has 0 atom stereocenters. The van der Waals surface area contributed by atoms with Crippen LogP contribution in [0.3, 0.4) is 0 Å². The van der Waals surface area contributed by atoms with E-state index in [1.54, 1.807) is 7.05 Å². The van der Waals surface area contributed by atoms with Gasteiger partial charge in [0.2, 0.25) is 5.91 Å². The number of hydrogen-bond acceptors (Lipinski definition) is 3. The van der Waals surface area contributed by atoms with Crippen LogP contribution in [0.5, 0.6) is 0 Å². The minimum absolute atomic E-state index is 0.0903. The number of amides is 1. The van der Waals surface area contributed by atoms with E-state index in [-0.39, 0.29) is 5.91 Å². The topological polar surface area (TPSA) is 44.4 Å². The van der Waals surface area contributed by atoms with Crippen molar-refractivity contribution < 1.29 is 4.79 Å². The molecule has 5 heteroatoms. The molecule has 20 heavy (non-hydrogen) atoms. The van der Waals surface area contributed by atoms with Gasteiger partial charge in [-0.25, -0.2) is 0 Å². The highest BCUT2D eigenvalue weighted by Gasteiger charge is 2.20. The Kier molecular flexibility index (Phi) is 5.83. The molecule has 2 N–H and O–H groups in total. The molecule has 0 spiro atoms. The number of carbonyl (C=O) groups is 1. The molecule has 0 aliphatic carbocycles. The molecule has 0 aromatic heterocycles. The summed E-state index contributed by atoms with van der Waals surface area (Å²) in [4.78, 5) is 13.5. The molecule has 0 saturated carbocycles. The molecular weight excluding hydrogens is 274 g/mol. The highest BCUT2D eigenvalue weighted by atomic mass is 35.5. The van der Waals surface area contributed by atoms with Gasteiger partial charge in [-0.3, -0.25) is 9.69 Å². The Bertz CT molecular complexity index is 444. The zero-order valence-corrected chi connectivity index (χ0v) is 12.6. The van der Waals surface area contributed by atoms with E-state index >= 15 is 0 Å². The summed E-state index contributed by atoms with van der Waals surface area (Å²) in [6.45, 7) is 3.24. The van der Waals surface area contributed by atoms with Gasteiger partial charge >= 0.3 is 0 Å². The number of nitrogens with zero attached hydrogens (tertiary/aromatic N) is 1. The number of piperidine rings is 1. The fourth-order valence-electron chi connectivity index (χ4n) is 2.47. The Morgan fingerprint density at radius 2 is 2.05 bits per heavy atom. The highest BCUT2D eigenvalue weighted by molar-refractivity contribution is 6.31. The number of benzene rings is 1. The van der Waals surface area contributed by atoms with Crippen molar-refractivity contribution in [3.63, 3.8) is 0 Å². The van der Waals surface area contributed by atoms with Crippen LogP contribution in [0.4, 0.5) is 0 Å². The van der Waals surface area contributed by atoms with Crippen LogP contribution in [0.25, 0.3) is 0 Å². The zero-order valence-electron chi connectivity index (χ0n) is 11.9. The van der Waals surface area contributed by atoms with Crippen LogP contribution in [0.15, 0.2) is 24.3 Å². The van der Waals surface area contributed by atoms with Crippen molar-refractivity contribution in [1.29, 1.82) is 0 Å². The lowest BCUT2D eigenvalue weighted by Crippen LogP contribution is -2.45. The number of carbonyl (C=O) groups excluding carboxylic acids is 1. The van der Waals surface area contributed by atoms with Crippen LogP contribution in [0, 0.1) is 0 Å². The third-order valence-electron chi connectivity index (χ3n) is 3.77. The van der Waals surface area contributed by atoms with Crippen molar-refractivity contribution in [1.82, 2.24) is 15.5 Å². The van der Waals surface area contributed by atoms with Gasteiger partial charge in [-0.05, 0) is 24.5 Å². The molecule has 4 nitrogen and oxygen atoms in total. The van der Waals surface area contributed by atoms with Crippen molar-refractivity contribution >= 4 is 17.5 Å². The molecule has 1 aromatic carbocycles. The average molecular weight is 296 g/mol. The van der Waals surface area contributed by atoms with E-state index in [1.165, 1.54) is 0 Å². The summed E-state index contributed by atoms with van der Waals surface area (Å²) < 4.78 is 0. The first kappa shape index (κ1) is 15.3. The lowest BCUT2D eigenvalue weighted by molar-refractivity contribution is -0.122. The van der Waals surface area contributed by atoms with Crippen LogP contribution in [0.1, 0.15) is 18.4 Å². The minimum atomic E-state index is 0.0903. The maximum Gasteiger partial charge on any atom is 0.233 e. The molecule has 1 amide bonds. The van der Waals surface area contributed by atoms with E-state index in [0.717, 1.165) is 43.1 Å². The number of likely N-dealkylation sites (tertiary alicyclic amines) is 1. The molecular formula is C15H22ClN3O. The maximum absolute atomic E-state index is 11.3. The van der Waals surface area contributed by atoms with Crippen molar-refractivity contribution in [2.24, 2.45) is 0 Å². The second-order valence-electron chi connectivity index (χ2n) is 5.20. The van der Waals surface area contributed by atoms with Gasteiger partial charge in [0.25, 0.3) is 0 Å². The number of nitrogens with one attached hydrogen (secondary N) is 2. The Balaban J connectivity index is 1.72. The van der Waals surface area contributed by atoms with Crippen molar-refractivity contribution in [2.45, 2.75) is 25.4 Å². The standard InChI is InChI=1S/C15H22ClN3O/c1-17-15(20)11-19-8-6-13(7-9-19)18-10-12-4-2-3-5-14(12)16/h2-5,13,18H,6-11H2,1H3,(H,17,20). The van der Waals surface area contributed by atoms with E-state index in [1.807, 2.05) is 18.2 Å². The Labute approximate surface area is 125 Å². The minimum Gasteiger partial charge on any atom is -0.358 e. The largest absolute Gasteiger partial charge is 0.358 e. The van der Waals surface area contributed by atoms with Gasteiger partial charge in [-0.2, -0.15) is 0 Å². The summed E-state index contributed by atoms with van der Waals surface area (Å²) in [7, 11) is 1.68. The first-order valence-corrected chi connectivity index (χ1v) is 7.46. The molecule has 0 bridgehead atoms. The molecule has 1 fully saturated rings. The zero-order chi connectivity index (χ0) is 14.4. The molecule has 1 aromatic rings. The van der Waals surface area contributed by atoms with Crippen LogP contribution in [-0.2, 0) is 11.3 Å². The van der Waals surface area contributed by atoms with Gasteiger partial charge in [0.1, 0.15) is 0 Å². The van der Waals surface area contributed by atoms with Gasteiger partial charge in [0.05, 0.1) is 6.54 Å². The van der Waals surface area contributed by atoms with E-state index in [9.17, 15) is 4.79 Å². The van der Waals surface area contributed by atoms with Gasteiger partial charge in [-0.15, -0.1) is 0 Å². The van der Waals surface area contributed by atoms with E-state index < -0.39 is 0 Å². The third kappa shape index (κ3) is 4.47. The second-order valence-corrected chi connectivity index (χ2v) is 5.60. The summed E-state index contributed by atoms with van der Waals surface area (Å²) in [6.07, 6.45) is 2.14. The lowest BCUT2D eigenvalue weighted by atomic mass is 10.0. The molecule has 1 heterocycles.